The Balaban J connectivity index is 1.93. The summed E-state index contributed by atoms with van der Waals surface area (Å²) in [5, 5.41) is 9.70. The topological polar surface area (TPSA) is 62.4 Å². The molecule has 2 aromatic carbocycles. The van der Waals surface area contributed by atoms with Gasteiger partial charge in [-0.25, -0.2) is 0 Å². The van der Waals surface area contributed by atoms with Crippen LogP contribution in [0.3, 0.4) is 0 Å². The van der Waals surface area contributed by atoms with E-state index < -0.39 is 0 Å². The highest BCUT2D eigenvalue weighted by molar-refractivity contribution is 9.10. The largest absolute Gasteiger partial charge is 0.492 e. The molecule has 0 radical (unpaired) electrons. The molecule has 0 fully saturated rings. The first-order chi connectivity index (χ1) is 13.0. The molecule has 1 atom stereocenters. The molecule has 0 aliphatic carbocycles. The number of allylic oxidation sites excluding steroid dienone is 1. The predicted molar refractivity (Wildman–Crippen MR) is 115 cm³/mol. The SMILES string of the molecule is CCOc1ccccc1NC(=O)C1=C(C)NC(=S)NC1c1ccc(Br)cc1. The average Bonchev–Trinajstić information content (AvgIpc) is 2.63. The molecule has 1 aliphatic rings. The highest BCUT2D eigenvalue weighted by Crippen LogP contribution is 2.30. The van der Waals surface area contributed by atoms with Crippen LogP contribution in [0.2, 0.25) is 0 Å². The molecule has 3 N–H and O–H groups in total. The molecule has 0 spiro atoms. The molecule has 0 saturated heterocycles. The molecule has 27 heavy (non-hydrogen) atoms. The number of carbonyl (C=O) groups excluding carboxylic acids is 1. The summed E-state index contributed by atoms with van der Waals surface area (Å²) in [6, 6.07) is 14.9. The maximum Gasteiger partial charge on any atom is 0.255 e. The lowest BCUT2D eigenvalue weighted by atomic mass is 9.95. The first-order valence-electron chi connectivity index (χ1n) is 8.56. The number of hydrogen-bond donors (Lipinski definition) is 3. The minimum absolute atomic E-state index is 0.213. The zero-order valence-corrected chi connectivity index (χ0v) is 17.4. The van der Waals surface area contributed by atoms with Crippen molar-refractivity contribution < 1.29 is 9.53 Å². The van der Waals surface area contributed by atoms with Gasteiger partial charge in [0, 0.05) is 10.2 Å². The van der Waals surface area contributed by atoms with E-state index in [9.17, 15) is 4.79 Å². The van der Waals surface area contributed by atoms with E-state index in [1.807, 2.05) is 62.4 Å². The fourth-order valence-electron chi connectivity index (χ4n) is 2.94. The normalized spacial score (nSPS) is 16.4. The molecule has 140 valence electrons. The summed E-state index contributed by atoms with van der Waals surface area (Å²) < 4.78 is 6.58. The Kier molecular flexibility index (Phi) is 6.13. The minimum Gasteiger partial charge on any atom is -0.492 e. The number of halogens is 1. The number of hydrogen-bond acceptors (Lipinski definition) is 3. The van der Waals surface area contributed by atoms with Crippen LogP contribution in [0.25, 0.3) is 0 Å². The fraction of sp³-hybridized carbons (Fsp3) is 0.200. The quantitative estimate of drug-likeness (QED) is 0.599. The molecule has 1 amide bonds. The van der Waals surface area contributed by atoms with Gasteiger partial charge in [-0.3, -0.25) is 4.79 Å². The molecule has 3 rings (SSSR count). The van der Waals surface area contributed by atoms with Gasteiger partial charge in [-0.1, -0.05) is 40.2 Å². The van der Waals surface area contributed by atoms with Gasteiger partial charge in [0.15, 0.2) is 5.11 Å². The van der Waals surface area contributed by atoms with E-state index in [1.54, 1.807) is 0 Å². The van der Waals surface area contributed by atoms with Gasteiger partial charge >= 0.3 is 0 Å². The lowest BCUT2D eigenvalue weighted by Crippen LogP contribution is -2.45. The molecule has 1 aliphatic heterocycles. The van der Waals surface area contributed by atoms with Crippen LogP contribution in [-0.4, -0.2) is 17.6 Å². The molecule has 1 heterocycles. The number of para-hydroxylation sites is 2. The van der Waals surface area contributed by atoms with E-state index in [4.69, 9.17) is 17.0 Å². The highest BCUT2D eigenvalue weighted by atomic mass is 79.9. The summed E-state index contributed by atoms with van der Waals surface area (Å²) in [6.45, 7) is 4.28. The average molecular weight is 446 g/mol. The molecule has 7 heteroatoms. The van der Waals surface area contributed by atoms with Gasteiger partial charge in [0.05, 0.1) is 23.9 Å². The monoisotopic (exact) mass is 445 g/mol. The van der Waals surface area contributed by atoms with E-state index in [-0.39, 0.29) is 11.9 Å². The Hall–Kier alpha value is -2.38. The Morgan fingerprint density at radius 2 is 1.93 bits per heavy atom. The second kappa shape index (κ2) is 8.54. The van der Waals surface area contributed by atoms with Crippen molar-refractivity contribution in [2.45, 2.75) is 19.9 Å². The molecule has 0 aromatic heterocycles. The molecule has 0 saturated carbocycles. The van der Waals surface area contributed by atoms with Gasteiger partial charge in [-0.2, -0.15) is 0 Å². The van der Waals surface area contributed by atoms with Gasteiger partial charge in [0.25, 0.3) is 5.91 Å². The summed E-state index contributed by atoms with van der Waals surface area (Å²) in [5.41, 5.74) is 2.88. The Morgan fingerprint density at radius 3 is 2.63 bits per heavy atom. The van der Waals surface area contributed by atoms with Crippen molar-refractivity contribution in [1.82, 2.24) is 10.6 Å². The molecule has 2 aromatic rings. The van der Waals surface area contributed by atoms with Crippen LogP contribution in [0.15, 0.2) is 64.3 Å². The molecular formula is C20H20BrN3O2S. The van der Waals surface area contributed by atoms with Gasteiger partial charge in [0.2, 0.25) is 0 Å². The maximum atomic E-state index is 13.1. The van der Waals surface area contributed by atoms with Gasteiger partial charge < -0.3 is 20.7 Å². The van der Waals surface area contributed by atoms with Crippen molar-refractivity contribution in [2.24, 2.45) is 0 Å². The number of nitrogens with one attached hydrogen (secondary N) is 3. The summed E-state index contributed by atoms with van der Waals surface area (Å²) >= 11 is 8.73. The Labute approximate surface area is 172 Å². The number of benzene rings is 2. The third-order valence-electron chi connectivity index (χ3n) is 4.15. The van der Waals surface area contributed by atoms with Crippen LogP contribution in [0, 0.1) is 0 Å². The van der Waals surface area contributed by atoms with Crippen LogP contribution in [0.5, 0.6) is 5.75 Å². The lowest BCUT2D eigenvalue weighted by molar-refractivity contribution is -0.113. The maximum absolute atomic E-state index is 13.1. The van der Waals surface area contributed by atoms with Crippen LogP contribution < -0.4 is 20.7 Å². The third-order valence-corrected chi connectivity index (χ3v) is 4.90. The van der Waals surface area contributed by atoms with E-state index in [0.29, 0.717) is 28.7 Å². The summed E-state index contributed by atoms with van der Waals surface area (Å²) in [7, 11) is 0. The first-order valence-corrected chi connectivity index (χ1v) is 9.76. The lowest BCUT2D eigenvalue weighted by Gasteiger charge is -2.30. The standard InChI is InChI=1S/C20H20BrN3O2S/c1-3-26-16-7-5-4-6-15(16)23-19(25)17-12(2)22-20(27)24-18(17)13-8-10-14(21)11-9-13/h4-11,18H,3H2,1-2H3,(H,23,25)(H2,22,24,27). The number of thiocarbonyl (C=S) groups is 1. The Bertz CT molecular complexity index is 896. The zero-order valence-electron chi connectivity index (χ0n) is 15.0. The number of anilines is 1. The van der Waals surface area contributed by atoms with Crippen molar-refractivity contribution in [3.05, 3.63) is 69.8 Å². The van der Waals surface area contributed by atoms with E-state index >= 15 is 0 Å². The second-order valence-electron chi connectivity index (χ2n) is 6.00. The molecule has 1 unspecified atom stereocenters. The summed E-state index contributed by atoms with van der Waals surface area (Å²) in [6.07, 6.45) is 0. The number of carbonyl (C=O) groups is 1. The van der Waals surface area contributed by atoms with Crippen molar-refractivity contribution in [1.29, 1.82) is 0 Å². The van der Waals surface area contributed by atoms with Crippen molar-refractivity contribution in [3.63, 3.8) is 0 Å². The van der Waals surface area contributed by atoms with Crippen LogP contribution in [-0.2, 0) is 4.79 Å². The van der Waals surface area contributed by atoms with Crippen LogP contribution in [0.4, 0.5) is 5.69 Å². The van der Waals surface area contributed by atoms with Crippen molar-refractivity contribution >= 4 is 44.9 Å². The summed E-state index contributed by atoms with van der Waals surface area (Å²) in [5.74, 6) is 0.425. The van der Waals surface area contributed by atoms with E-state index in [2.05, 4.69) is 31.9 Å². The van der Waals surface area contributed by atoms with Crippen molar-refractivity contribution in [3.8, 4) is 5.75 Å². The van der Waals surface area contributed by atoms with Gasteiger partial charge in [-0.05, 0) is 55.9 Å². The molecular weight excluding hydrogens is 426 g/mol. The Morgan fingerprint density at radius 1 is 1.22 bits per heavy atom. The fourth-order valence-corrected chi connectivity index (χ4v) is 3.48. The van der Waals surface area contributed by atoms with Gasteiger partial charge in [0.1, 0.15) is 5.75 Å². The van der Waals surface area contributed by atoms with Gasteiger partial charge in [-0.15, -0.1) is 0 Å². The second-order valence-corrected chi connectivity index (χ2v) is 7.33. The number of ether oxygens (including phenoxy) is 1. The molecule has 0 bridgehead atoms. The minimum atomic E-state index is -0.342. The highest BCUT2D eigenvalue weighted by Gasteiger charge is 2.30. The smallest absolute Gasteiger partial charge is 0.255 e. The summed E-state index contributed by atoms with van der Waals surface area (Å²) in [4.78, 5) is 13.1. The van der Waals surface area contributed by atoms with Crippen LogP contribution >= 0.6 is 28.1 Å². The molecule has 5 nitrogen and oxygen atoms in total. The number of amides is 1. The third kappa shape index (κ3) is 4.48. The van der Waals surface area contributed by atoms with E-state index in [1.165, 1.54) is 0 Å². The number of rotatable bonds is 5. The van der Waals surface area contributed by atoms with Crippen molar-refractivity contribution in [2.75, 3.05) is 11.9 Å². The predicted octanol–water partition coefficient (Wildman–Crippen LogP) is 4.28. The first kappa shape index (κ1) is 19.4. The van der Waals surface area contributed by atoms with Crippen LogP contribution in [0.1, 0.15) is 25.5 Å². The zero-order chi connectivity index (χ0) is 19.4. The van der Waals surface area contributed by atoms with E-state index in [0.717, 1.165) is 15.7 Å².